The Kier molecular flexibility index (Phi) is 4.27. The molecule has 0 aliphatic heterocycles. The van der Waals surface area contributed by atoms with Crippen molar-refractivity contribution in [2.75, 3.05) is 10.5 Å². The summed E-state index contributed by atoms with van der Waals surface area (Å²) in [5.74, 6) is 0.322. The van der Waals surface area contributed by atoms with E-state index >= 15 is 0 Å². The van der Waals surface area contributed by atoms with Gasteiger partial charge in [-0.2, -0.15) is 0 Å². The maximum atomic E-state index is 12.3. The normalized spacial score (nSPS) is 12.7. The van der Waals surface area contributed by atoms with Crippen LogP contribution in [0, 0.1) is 5.92 Å². The summed E-state index contributed by atoms with van der Waals surface area (Å²) in [6.45, 7) is 7.51. The van der Waals surface area contributed by atoms with Gasteiger partial charge in [-0.3, -0.25) is 4.72 Å². The zero-order valence-electron chi connectivity index (χ0n) is 11.4. The molecule has 4 nitrogen and oxygen atoms in total. The Labute approximate surface area is 110 Å². The van der Waals surface area contributed by atoms with E-state index in [2.05, 4.69) is 4.72 Å². The third-order valence-electron chi connectivity index (χ3n) is 2.79. The fourth-order valence-corrected chi connectivity index (χ4v) is 3.21. The zero-order valence-corrected chi connectivity index (χ0v) is 12.2. The van der Waals surface area contributed by atoms with Gasteiger partial charge in [0.25, 0.3) is 0 Å². The minimum absolute atomic E-state index is 0.322. The van der Waals surface area contributed by atoms with Gasteiger partial charge in [-0.15, -0.1) is 0 Å². The van der Waals surface area contributed by atoms with Crippen molar-refractivity contribution in [2.24, 2.45) is 5.92 Å². The molecule has 0 heterocycles. The average molecular weight is 270 g/mol. The van der Waals surface area contributed by atoms with Gasteiger partial charge in [0.15, 0.2) is 0 Å². The molecule has 0 unspecified atom stereocenters. The zero-order chi connectivity index (χ0) is 14.0. The van der Waals surface area contributed by atoms with Crippen molar-refractivity contribution in [3.05, 3.63) is 24.3 Å². The van der Waals surface area contributed by atoms with Crippen LogP contribution in [0.15, 0.2) is 24.3 Å². The summed E-state index contributed by atoms with van der Waals surface area (Å²) in [6.07, 6.45) is 0.608. The van der Waals surface area contributed by atoms with Gasteiger partial charge in [-0.25, -0.2) is 8.42 Å². The second-order valence-corrected chi connectivity index (χ2v) is 7.90. The van der Waals surface area contributed by atoms with Gasteiger partial charge >= 0.3 is 0 Å². The van der Waals surface area contributed by atoms with Crippen molar-refractivity contribution in [3.63, 3.8) is 0 Å². The minimum atomic E-state index is -3.41. The van der Waals surface area contributed by atoms with E-state index in [1.807, 2.05) is 13.8 Å². The quantitative estimate of drug-likeness (QED) is 0.808. The monoisotopic (exact) mass is 270 g/mol. The average Bonchev–Trinajstić information content (AvgIpc) is 2.19. The second kappa shape index (κ2) is 5.18. The largest absolute Gasteiger partial charge is 0.399 e. The van der Waals surface area contributed by atoms with Gasteiger partial charge in [-0.05, 0) is 50.5 Å². The molecule has 1 aromatic carbocycles. The van der Waals surface area contributed by atoms with E-state index in [9.17, 15) is 8.42 Å². The van der Waals surface area contributed by atoms with Gasteiger partial charge in [0.1, 0.15) is 0 Å². The minimum Gasteiger partial charge on any atom is -0.399 e. The Morgan fingerprint density at radius 1 is 1.22 bits per heavy atom. The topological polar surface area (TPSA) is 72.2 Å². The second-order valence-electron chi connectivity index (χ2n) is 5.59. The molecule has 5 heteroatoms. The molecule has 0 aliphatic carbocycles. The molecule has 0 bridgehead atoms. The molecule has 0 saturated carbocycles. The number of sulfonamides is 1. The summed E-state index contributed by atoms with van der Waals surface area (Å²) < 4.78 is 26.4. The van der Waals surface area contributed by atoms with E-state index < -0.39 is 14.8 Å². The molecular weight excluding hydrogens is 248 g/mol. The number of nitrogens with one attached hydrogen (secondary N) is 1. The van der Waals surface area contributed by atoms with Crippen molar-refractivity contribution >= 4 is 21.4 Å². The van der Waals surface area contributed by atoms with Crippen LogP contribution in [0.1, 0.15) is 34.1 Å². The van der Waals surface area contributed by atoms with E-state index in [-0.39, 0.29) is 0 Å². The molecule has 102 valence electrons. The highest BCUT2D eigenvalue weighted by Gasteiger charge is 2.34. The van der Waals surface area contributed by atoms with E-state index in [1.54, 1.807) is 38.1 Å². The number of nitrogens with two attached hydrogens (primary N) is 1. The standard InChI is InChI=1S/C13H22N2O2S/c1-10(2)9-13(3,4)18(16,17)15-12-7-5-11(14)6-8-12/h5-8,10,15H,9,14H2,1-4H3. The van der Waals surface area contributed by atoms with Crippen LogP contribution in [0.4, 0.5) is 11.4 Å². The Morgan fingerprint density at radius 2 is 1.72 bits per heavy atom. The molecule has 0 radical (unpaired) electrons. The van der Waals surface area contributed by atoms with Crippen LogP contribution < -0.4 is 10.5 Å². The van der Waals surface area contributed by atoms with Crippen LogP contribution in [0.2, 0.25) is 0 Å². The molecule has 0 aliphatic rings. The molecule has 1 rings (SSSR count). The van der Waals surface area contributed by atoms with Crippen molar-refractivity contribution in [1.29, 1.82) is 0 Å². The highest BCUT2D eigenvalue weighted by molar-refractivity contribution is 7.94. The maximum absolute atomic E-state index is 12.3. The van der Waals surface area contributed by atoms with Crippen molar-refractivity contribution < 1.29 is 8.42 Å². The van der Waals surface area contributed by atoms with Gasteiger partial charge in [0.2, 0.25) is 10.0 Å². The molecule has 3 N–H and O–H groups in total. The molecule has 0 aromatic heterocycles. The predicted octanol–water partition coefficient (Wildman–Crippen LogP) is 2.84. The lowest BCUT2D eigenvalue weighted by Crippen LogP contribution is -2.38. The summed E-state index contributed by atoms with van der Waals surface area (Å²) in [4.78, 5) is 0. The Morgan fingerprint density at radius 3 is 2.17 bits per heavy atom. The first-order chi connectivity index (χ1) is 8.14. The lowest BCUT2D eigenvalue weighted by molar-refractivity contribution is 0.466. The van der Waals surface area contributed by atoms with Crippen LogP contribution in [0.3, 0.4) is 0 Å². The number of hydrogen-bond acceptors (Lipinski definition) is 3. The number of nitrogen functional groups attached to an aromatic ring is 1. The SMILES string of the molecule is CC(C)CC(C)(C)S(=O)(=O)Nc1ccc(N)cc1. The van der Waals surface area contributed by atoms with Crippen molar-refractivity contribution in [1.82, 2.24) is 0 Å². The molecule has 0 saturated heterocycles. The summed E-state index contributed by atoms with van der Waals surface area (Å²) in [6, 6.07) is 6.68. The number of anilines is 2. The Balaban J connectivity index is 2.91. The first-order valence-electron chi connectivity index (χ1n) is 6.02. The first kappa shape index (κ1) is 14.8. The number of hydrogen-bond donors (Lipinski definition) is 2. The summed E-state index contributed by atoms with van der Waals surface area (Å²) in [7, 11) is -3.41. The molecule has 0 amide bonds. The third-order valence-corrected chi connectivity index (χ3v) is 4.92. The molecule has 1 aromatic rings. The highest BCUT2D eigenvalue weighted by atomic mass is 32.2. The Bertz CT molecular complexity index is 490. The predicted molar refractivity (Wildman–Crippen MR) is 76.9 cm³/mol. The molecule has 0 fully saturated rings. The number of rotatable bonds is 5. The van der Waals surface area contributed by atoms with Crippen molar-refractivity contribution in [3.8, 4) is 0 Å². The first-order valence-corrected chi connectivity index (χ1v) is 7.50. The van der Waals surface area contributed by atoms with Gasteiger partial charge in [0.05, 0.1) is 4.75 Å². The Hall–Kier alpha value is -1.23. The van der Waals surface area contributed by atoms with E-state index in [0.717, 1.165) is 0 Å². The van der Waals surface area contributed by atoms with Crippen LogP contribution >= 0.6 is 0 Å². The summed E-state index contributed by atoms with van der Waals surface area (Å²) in [5, 5.41) is 0. The molecule has 0 spiro atoms. The highest BCUT2D eigenvalue weighted by Crippen LogP contribution is 2.27. The van der Waals surface area contributed by atoms with Gasteiger partial charge in [0, 0.05) is 11.4 Å². The molecular formula is C13H22N2O2S. The molecule has 18 heavy (non-hydrogen) atoms. The van der Waals surface area contributed by atoms with Gasteiger partial charge in [-0.1, -0.05) is 13.8 Å². The lowest BCUT2D eigenvalue weighted by atomic mass is 10.0. The fraction of sp³-hybridized carbons (Fsp3) is 0.538. The maximum Gasteiger partial charge on any atom is 0.237 e. The molecule has 0 atom stereocenters. The lowest BCUT2D eigenvalue weighted by Gasteiger charge is -2.27. The van der Waals surface area contributed by atoms with Crippen molar-refractivity contribution in [2.45, 2.75) is 38.9 Å². The van der Waals surface area contributed by atoms with E-state index in [4.69, 9.17) is 5.73 Å². The number of benzene rings is 1. The van der Waals surface area contributed by atoms with Crippen LogP contribution in [0.5, 0.6) is 0 Å². The summed E-state index contributed by atoms with van der Waals surface area (Å²) in [5.41, 5.74) is 6.72. The third kappa shape index (κ3) is 3.63. The van der Waals surface area contributed by atoms with Crippen LogP contribution in [-0.4, -0.2) is 13.2 Å². The van der Waals surface area contributed by atoms with Crippen LogP contribution in [0.25, 0.3) is 0 Å². The smallest absolute Gasteiger partial charge is 0.237 e. The van der Waals surface area contributed by atoms with E-state index in [0.29, 0.717) is 23.7 Å². The van der Waals surface area contributed by atoms with Gasteiger partial charge < -0.3 is 5.73 Å². The van der Waals surface area contributed by atoms with Crippen LogP contribution in [-0.2, 0) is 10.0 Å². The van der Waals surface area contributed by atoms with E-state index in [1.165, 1.54) is 0 Å². The summed E-state index contributed by atoms with van der Waals surface area (Å²) >= 11 is 0. The fourth-order valence-electron chi connectivity index (χ4n) is 1.94.